The first-order chi connectivity index (χ1) is 16.4. The monoisotopic (exact) mass is 503 g/mol. The molecule has 1 unspecified atom stereocenters. The lowest BCUT2D eigenvalue weighted by Crippen LogP contribution is -2.29. The van der Waals surface area contributed by atoms with Crippen LogP contribution >= 0.6 is 23.2 Å². The van der Waals surface area contributed by atoms with Gasteiger partial charge in [0.15, 0.2) is 11.5 Å². The number of nitrogens with one attached hydrogen (secondary N) is 1. The number of benzene rings is 2. The van der Waals surface area contributed by atoms with Crippen molar-refractivity contribution in [3.8, 4) is 11.5 Å². The molecular formula is C23H23Cl2N5O4. The van der Waals surface area contributed by atoms with Crippen molar-refractivity contribution in [1.29, 1.82) is 0 Å². The van der Waals surface area contributed by atoms with E-state index in [4.69, 9.17) is 37.4 Å². The lowest BCUT2D eigenvalue weighted by molar-refractivity contribution is -0.139. The van der Waals surface area contributed by atoms with Crippen LogP contribution < -0.4 is 14.8 Å². The normalized spacial score (nSPS) is 14.9. The Balaban J connectivity index is 1.69. The Hall–Kier alpha value is -3.30. The van der Waals surface area contributed by atoms with Gasteiger partial charge in [0.25, 0.3) is 0 Å². The third kappa shape index (κ3) is 4.80. The number of rotatable bonds is 8. The maximum Gasteiger partial charge on any atom is 0.338 e. The summed E-state index contributed by atoms with van der Waals surface area (Å²) < 4.78 is 18.7. The van der Waals surface area contributed by atoms with Crippen LogP contribution in [0.15, 0.2) is 47.7 Å². The van der Waals surface area contributed by atoms with Crippen molar-refractivity contribution in [2.24, 2.45) is 0 Å². The molecule has 0 radical (unpaired) electrons. The Labute approximate surface area is 206 Å². The topological polar surface area (TPSA) is 100 Å². The minimum atomic E-state index is -0.607. The Kier molecular flexibility index (Phi) is 7.23. The maximum atomic E-state index is 12.8. The van der Waals surface area contributed by atoms with Crippen LogP contribution in [0, 0.1) is 0 Å². The number of fused-ring (bicyclic) bond motifs is 1. The fraction of sp³-hybridized carbons (Fsp3) is 0.304. The van der Waals surface area contributed by atoms with Crippen LogP contribution in [0.25, 0.3) is 0 Å². The quantitative estimate of drug-likeness (QED) is 0.437. The Morgan fingerprint density at radius 2 is 1.91 bits per heavy atom. The minimum absolute atomic E-state index is 0.229. The predicted octanol–water partition coefficient (Wildman–Crippen LogP) is 4.81. The molecule has 1 aliphatic rings. The second-order valence-electron chi connectivity index (χ2n) is 7.40. The first kappa shape index (κ1) is 23.8. The van der Waals surface area contributed by atoms with Gasteiger partial charge in [-0.2, -0.15) is 4.68 Å². The van der Waals surface area contributed by atoms with Crippen LogP contribution in [0.5, 0.6) is 11.5 Å². The van der Waals surface area contributed by atoms with Gasteiger partial charge in [0, 0.05) is 21.3 Å². The summed E-state index contributed by atoms with van der Waals surface area (Å²) in [5.41, 5.74) is 2.54. The van der Waals surface area contributed by atoms with Gasteiger partial charge in [-0.15, -0.1) is 0 Å². The largest absolute Gasteiger partial charge is 0.490 e. The molecule has 3 aromatic rings. The van der Waals surface area contributed by atoms with Crippen LogP contribution in [-0.4, -0.2) is 39.4 Å². The van der Waals surface area contributed by atoms with Crippen molar-refractivity contribution in [3.63, 3.8) is 0 Å². The van der Waals surface area contributed by atoms with Crippen molar-refractivity contribution < 1.29 is 19.0 Å². The third-order valence-electron chi connectivity index (χ3n) is 5.19. The molecule has 1 N–H and O–H groups in total. The molecule has 0 saturated carbocycles. The molecule has 2 heterocycles. The van der Waals surface area contributed by atoms with E-state index in [1.807, 2.05) is 25.1 Å². The Morgan fingerprint density at radius 1 is 1.09 bits per heavy atom. The molecule has 0 aliphatic carbocycles. The molecule has 0 saturated heterocycles. The second kappa shape index (κ2) is 10.3. The number of hydrogen-bond donors (Lipinski definition) is 1. The smallest absolute Gasteiger partial charge is 0.338 e. The molecule has 2 aromatic carbocycles. The van der Waals surface area contributed by atoms with Crippen molar-refractivity contribution in [1.82, 2.24) is 20.2 Å². The molecule has 0 bridgehead atoms. The summed E-state index contributed by atoms with van der Waals surface area (Å²) in [5, 5.41) is 16.0. The van der Waals surface area contributed by atoms with Gasteiger partial charge in [-0.25, -0.2) is 4.79 Å². The predicted molar refractivity (Wildman–Crippen MR) is 127 cm³/mol. The molecule has 0 spiro atoms. The number of carbonyl (C=O) groups excluding carboxylic acids is 1. The number of hydrogen-bond acceptors (Lipinski definition) is 8. The SMILES string of the molecule is CCOC(=O)C1=C(C)Nc2nnnn2C1c1ccc(OCc2ccc(Cl)cc2Cl)c(OCC)c1. The van der Waals surface area contributed by atoms with Gasteiger partial charge >= 0.3 is 5.97 Å². The van der Waals surface area contributed by atoms with Crippen molar-refractivity contribution in [3.05, 3.63) is 68.8 Å². The number of anilines is 1. The van der Waals surface area contributed by atoms with E-state index in [9.17, 15) is 4.79 Å². The van der Waals surface area contributed by atoms with Crippen molar-refractivity contribution in [2.45, 2.75) is 33.4 Å². The third-order valence-corrected chi connectivity index (χ3v) is 5.78. The van der Waals surface area contributed by atoms with Crippen LogP contribution in [0.1, 0.15) is 37.9 Å². The fourth-order valence-electron chi connectivity index (χ4n) is 3.67. The van der Waals surface area contributed by atoms with Crippen molar-refractivity contribution in [2.75, 3.05) is 18.5 Å². The van der Waals surface area contributed by atoms with Crippen LogP contribution in [-0.2, 0) is 16.1 Å². The number of tetrazole rings is 1. The summed E-state index contributed by atoms with van der Waals surface area (Å²) >= 11 is 12.3. The highest BCUT2D eigenvalue weighted by molar-refractivity contribution is 6.35. The molecule has 0 amide bonds. The van der Waals surface area contributed by atoms with E-state index in [0.29, 0.717) is 45.4 Å². The summed E-state index contributed by atoms with van der Waals surface area (Å²) in [6.07, 6.45) is 0. The minimum Gasteiger partial charge on any atom is -0.490 e. The number of allylic oxidation sites excluding steroid dienone is 1. The fourth-order valence-corrected chi connectivity index (χ4v) is 4.13. The van der Waals surface area contributed by atoms with E-state index in [2.05, 4.69) is 20.8 Å². The summed E-state index contributed by atoms with van der Waals surface area (Å²) in [5.74, 6) is 1.01. The second-order valence-corrected chi connectivity index (χ2v) is 8.24. The molecule has 178 valence electrons. The lowest BCUT2D eigenvalue weighted by atomic mass is 9.95. The van der Waals surface area contributed by atoms with E-state index in [1.165, 1.54) is 0 Å². The molecule has 0 fully saturated rings. The van der Waals surface area contributed by atoms with Gasteiger partial charge < -0.3 is 19.5 Å². The number of carbonyl (C=O) groups is 1. The van der Waals surface area contributed by atoms with E-state index in [0.717, 1.165) is 11.1 Å². The van der Waals surface area contributed by atoms with Gasteiger partial charge in [0.2, 0.25) is 5.95 Å². The highest BCUT2D eigenvalue weighted by atomic mass is 35.5. The highest BCUT2D eigenvalue weighted by Crippen LogP contribution is 2.39. The van der Waals surface area contributed by atoms with Crippen LogP contribution in [0.2, 0.25) is 10.0 Å². The summed E-state index contributed by atoms with van der Waals surface area (Å²) in [6.45, 7) is 6.32. The van der Waals surface area contributed by atoms with Gasteiger partial charge in [0.1, 0.15) is 12.6 Å². The molecule has 9 nitrogen and oxygen atoms in total. The number of aromatic nitrogens is 4. The summed E-state index contributed by atoms with van der Waals surface area (Å²) in [4.78, 5) is 12.8. The molecule has 1 aliphatic heterocycles. The molecule has 1 atom stereocenters. The maximum absolute atomic E-state index is 12.8. The van der Waals surface area contributed by atoms with E-state index < -0.39 is 12.0 Å². The standard InChI is InChI=1S/C23H23Cl2N5O4/c1-4-32-19-10-14(7-9-18(19)34-12-15-6-8-16(24)11-17(15)25)21-20(22(31)33-5-2)13(3)26-23-27-28-29-30(21)23/h6-11,21H,4-5,12H2,1-3H3,(H,26,27,29). The number of halogens is 2. The molecule has 34 heavy (non-hydrogen) atoms. The van der Waals surface area contributed by atoms with Crippen LogP contribution in [0.4, 0.5) is 5.95 Å². The van der Waals surface area contributed by atoms with Gasteiger partial charge in [-0.3, -0.25) is 0 Å². The van der Waals surface area contributed by atoms with E-state index >= 15 is 0 Å². The van der Waals surface area contributed by atoms with Gasteiger partial charge in [-0.05, 0) is 61.0 Å². The van der Waals surface area contributed by atoms with Crippen molar-refractivity contribution >= 4 is 35.1 Å². The first-order valence-electron chi connectivity index (χ1n) is 10.7. The highest BCUT2D eigenvalue weighted by Gasteiger charge is 2.35. The molecule has 11 heteroatoms. The molecule has 4 rings (SSSR count). The molecular weight excluding hydrogens is 481 g/mol. The average Bonchev–Trinajstić information content (AvgIpc) is 3.26. The summed E-state index contributed by atoms with van der Waals surface area (Å²) in [7, 11) is 0. The number of esters is 1. The average molecular weight is 504 g/mol. The number of nitrogens with zero attached hydrogens (tertiary/aromatic N) is 4. The van der Waals surface area contributed by atoms with Gasteiger partial charge in [0.05, 0.1) is 18.8 Å². The van der Waals surface area contributed by atoms with E-state index in [-0.39, 0.29) is 13.2 Å². The number of ether oxygens (including phenoxy) is 3. The Morgan fingerprint density at radius 3 is 2.65 bits per heavy atom. The molecule has 1 aromatic heterocycles. The van der Waals surface area contributed by atoms with Crippen LogP contribution in [0.3, 0.4) is 0 Å². The lowest BCUT2D eigenvalue weighted by Gasteiger charge is -2.27. The Bertz CT molecular complexity index is 1240. The van der Waals surface area contributed by atoms with E-state index in [1.54, 1.807) is 36.7 Å². The zero-order valence-electron chi connectivity index (χ0n) is 18.8. The zero-order chi connectivity index (χ0) is 24.2. The zero-order valence-corrected chi connectivity index (χ0v) is 20.4. The summed E-state index contributed by atoms with van der Waals surface area (Å²) in [6, 6.07) is 10.1. The first-order valence-corrected chi connectivity index (χ1v) is 11.4. The van der Waals surface area contributed by atoms with Gasteiger partial charge in [-0.1, -0.05) is 40.4 Å².